The van der Waals surface area contributed by atoms with Crippen LogP contribution in [0.5, 0.6) is 0 Å². The molecule has 4 nitrogen and oxygen atoms in total. The van der Waals surface area contributed by atoms with Crippen molar-refractivity contribution in [2.45, 2.75) is 37.8 Å². The van der Waals surface area contributed by atoms with Crippen LogP contribution in [0.4, 0.5) is 0 Å². The molecule has 15 heavy (non-hydrogen) atoms. The molecule has 1 aliphatic heterocycles. The molecule has 0 aromatic carbocycles. The van der Waals surface area contributed by atoms with Crippen molar-refractivity contribution in [3.63, 3.8) is 0 Å². The van der Waals surface area contributed by atoms with Gasteiger partial charge in [-0.2, -0.15) is 0 Å². The van der Waals surface area contributed by atoms with Gasteiger partial charge in [-0.05, 0) is 32.7 Å². The van der Waals surface area contributed by atoms with Crippen molar-refractivity contribution in [1.82, 2.24) is 9.80 Å². The highest BCUT2D eigenvalue weighted by molar-refractivity contribution is 5.78. The van der Waals surface area contributed by atoms with Gasteiger partial charge in [-0.3, -0.25) is 9.69 Å². The SMILES string of the molecule is CN(CC(=O)N1CCCC(O)C1)C1CC1. The van der Waals surface area contributed by atoms with Crippen LogP contribution in [0.1, 0.15) is 25.7 Å². The molecule has 1 saturated heterocycles. The zero-order valence-corrected chi connectivity index (χ0v) is 9.35. The van der Waals surface area contributed by atoms with E-state index in [0.29, 0.717) is 19.1 Å². The van der Waals surface area contributed by atoms with Gasteiger partial charge in [0.2, 0.25) is 5.91 Å². The topological polar surface area (TPSA) is 43.8 Å². The van der Waals surface area contributed by atoms with Gasteiger partial charge in [0.05, 0.1) is 12.6 Å². The Morgan fingerprint density at radius 2 is 2.20 bits per heavy atom. The molecule has 2 rings (SSSR count). The molecule has 0 radical (unpaired) electrons. The number of β-amino-alcohol motifs (C(OH)–C–C–N with tert-alkyl or cyclic N) is 1. The zero-order chi connectivity index (χ0) is 10.8. The highest BCUT2D eigenvalue weighted by Gasteiger charge is 2.29. The molecule has 2 fully saturated rings. The van der Waals surface area contributed by atoms with Crippen LogP contribution < -0.4 is 0 Å². The van der Waals surface area contributed by atoms with Gasteiger partial charge in [0.15, 0.2) is 0 Å². The molecule has 4 heteroatoms. The number of likely N-dealkylation sites (tertiary alicyclic amines) is 1. The smallest absolute Gasteiger partial charge is 0.236 e. The molecule has 1 aliphatic carbocycles. The number of piperidine rings is 1. The van der Waals surface area contributed by atoms with Crippen LogP contribution in [0, 0.1) is 0 Å². The van der Waals surface area contributed by atoms with Gasteiger partial charge in [-0.25, -0.2) is 0 Å². The van der Waals surface area contributed by atoms with Crippen molar-refractivity contribution < 1.29 is 9.90 Å². The van der Waals surface area contributed by atoms with Gasteiger partial charge in [-0.15, -0.1) is 0 Å². The maximum atomic E-state index is 11.9. The maximum absolute atomic E-state index is 11.9. The number of amides is 1. The summed E-state index contributed by atoms with van der Waals surface area (Å²) in [4.78, 5) is 15.8. The lowest BCUT2D eigenvalue weighted by atomic mass is 10.1. The molecule has 0 aromatic rings. The lowest BCUT2D eigenvalue weighted by molar-refractivity contribution is -0.135. The summed E-state index contributed by atoms with van der Waals surface area (Å²) in [6, 6.07) is 0.628. The molecule has 1 atom stereocenters. The first-order chi connectivity index (χ1) is 7.16. The number of aliphatic hydroxyl groups is 1. The van der Waals surface area contributed by atoms with Crippen molar-refractivity contribution in [3.8, 4) is 0 Å². The fourth-order valence-corrected chi connectivity index (χ4v) is 2.14. The molecular weight excluding hydrogens is 192 g/mol. The number of aliphatic hydroxyl groups excluding tert-OH is 1. The highest BCUT2D eigenvalue weighted by Crippen LogP contribution is 2.25. The second-order valence-electron chi connectivity index (χ2n) is 4.78. The Morgan fingerprint density at radius 3 is 2.80 bits per heavy atom. The van der Waals surface area contributed by atoms with Crippen LogP contribution in [0.15, 0.2) is 0 Å². The first-order valence-corrected chi connectivity index (χ1v) is 5.83. The van der Waals surface area contributed by atoms with E-state index in [-0.39, 0.29) is 12.0 Å². The number of hydrogen-bond acceptors (Lipinski definition) is 3. The standard InChI is InChI=1S/C11H20N2O2/c1-12(9-4-5-9)8-11(15)13-6-2-3-10(14)7-13/h9-10,14H,2-8H2,1H3. The summed E-state index contributed by atoms with van der Waals surface area (Å²) in [5.74, 6) is 0.170. The quantitative estimate of drug-likeness (QED) is 0.719. The predicted molar refractivity (Wildman–Crippen MR) is 57.5 cm³/mol. The van der Waals surface area contributed by atoms with E-state index in [9.17, 15) is 9.90 Å². The van der Waals surface area contributed by atoms with E-state index in [1.165, 1.54) is 12.8 Å². The molecular formula is C11H20N2O2. The average molecular weight is 212 g/mol. The third-order valence-corrected chi connectivity index (χ3v) is 3.30. The molecule has 0 aromatic heterocycles. The summed E-state index contributed by atoms with van der Waals surface area (Å²) in [7, 11) is 2.01. The van der Waals surface area contributed by atoms with Gasteiger partial charge in [0.25, 0.3) is 0 Å². The zero-order valence-electron chi connectivity index (χ0n) is 9.35. The summed E-state index contributed by atoms with van der Waals surface area (Å²) in [6.45, 7) is 1.85. The Bertz CT molecular complexity index is 241. The van der Waals surface area contributed by atoms with E-state index in [4.69, 9.17) is 0 Å². The van der Waals surface area contributed by atoms with E-state index in [1.54, 1.807) is 4.90 Å². The fraction of sp³-hybridized carbons (Fsp3) is 0.909. The third-order valence-electron chi connectivity index (χ3n) is 3.30. The third kappa shape index (κ3) is 2.92. The monoisotopic (exact) mass is 212 g/mol. The molecule has 0 bridgehead atoms. The Hall–Kier alpha value is -0.610. The lowest BCUT2D eigenvalue weighted by Gasteiger charge is -2.31. The Kier molecular flexibility index (Phi) is 3.26. The number of rotatable bonds is 3. The molecule has 2 aliphatic rings. The van der Waals surface area contributed by atoms with Crippen LogP contribution in [-0.4, -0.2) is 59.6 Å². The van der Waals surface area contributed by atoms with E-state index in [1.807, 2.05) is 7.05 Å². The fourth-order valence-electron chi connectivity index (χ4n) is 2.14. The molecule has 0 spiro atoms. The first kappa shape index (κ1) is 10.9. The van der Waals surface area contributed by atoms with Gasteiger partial charge in [0.1, 0.15) is 0 Å². The van der Waals surface area contributed by atoms with Crippen molar-refractivity contribution >= 4 is 5.91 Å². The second-order valence-corrected chi connectivity index (χ2v) is 4.78. The summed E-state index contributed by atoms with van der Waals surface area (Å²) in [6.07, 6.45) is 3.91. The van der Waals surface area contributed by atoms with Gasteiger partial charge in [-0.1, -0.05) is 0 Å². The Labute approximate surface area is 90.9 Å². The summed E-state index contributed by atoms with van der Waals surface area (Å²) in [5.41, 5.74) is 0. The van der Waals surface area contributed by atoms with Gasteiger partial charge < -0.3 is 10.0 Å². The summed E-state index contributed by atoms with van der Waals surface area (Å²) < 4.78 is 0. The van der Waals surface area contributed by atoms with Gasteiger partial charge >= 0.3 is 0 Å². The number of carbonyl (C=O) groups is 1. The van der Waals surface area contributed by atoms with Crippen LogP contribution in [0.2, 0.25) is 0 Å². The van der Waals surface area contributed by atoms with Gasteiger partial charge in [0, 0.05) is 19.1 Å². The second kappa shape index (κ2) is 4.49. The first-order valence-electron chi connectivity index (χ1n) is 5.83. The van der Waals surface area contributed by atoms with Crippen LogP contribution >= 0.6 is 0 Å². The number of carbonyl (C=O) groups excluding carboxylic acids is 1. The molecule has 1 unspecified atom stereocenters. The largest absolute Gasteiger partial charge is 0.391 e. The summed E-state index contributed by atoms with van der Waals surface area (Å²) in [5, 5.41) is 9.48. The molecule has 1 saturated carbocycles. The molecule has 86 valence electrons. The number of hydrogen-bond donors (Lipinski definition) is 1. The van der Waals surface area contributed by atoms with Crippen LogP contribution in [0.25, 0.3) is 0 Å². The lowest BCUT2D eigenvalue weighted by Crippen LogP contribution is -2.46. The molecule has 1 amide bonds. The van der Waals surface area contributed by atoms with E-state index >= 15 is 0 Å². The molecule has 1 N–H and O–H groups in total. The predicted octanol–water partition coefficient (Wildman–Crippen LogP) is 0.0639. The maximum Gasteiger partial charge on any atom is 0.236 e. The van der Waals surface area contributed by atoms with Crippen molar-refractivity contribution in [1.29, 1.82) is 0 Å². The Balaban J connectivity index is 1.78. The summed E-state index contributed by atoms with van der Waals surface area (Å²) >= 11 is 0. The van der Waals surface area contributed by atoms with E-state index in [2.05, 4.69) is 4.90 Å². The minimum Gasteiger partial charge on any atom is -0.391 e. The average Bonchev–Trinajstić information content (AvgIpc) is 3.00. The van der Waals surface area contributed by atoms with Crippen LogP contribution in [-0.2, 0) is 4.79 Å². The number of nitrogens with zero attached hydrogens (tertiary/aromatic N) is 2. The van der Waals surface area contributed by atoms with E-state index in [0.717, 1.165) is 19.4 Å². The normalized spacial score (nSPS) is 27.1. The highest BCUT2D eigenvalue weighted by atomic mass is 16.3. The van der Waals surface area contributed by atoms with Crippen molar-refractivity contribution in [2.24, 2.45) is 0 Å². The van der Waals surface area contributed by atoms with Crippen molar-refractivity contribution in [2.75, 3.05) is 26.7 Å². The molecule has 1 heterocycles. The van der Waals surface area contributed by atoms with Crippen LogP contribution in [0.3, 0.4) is 0 Å². The minimum atomic E-state index is -0.311. The number of likely N-dealkylation sites (N-methyl/N-ethyl adjacent to an activating group) is 1. The van der Waals surface area contributed by atoms with E-state index < -0.39 is 0 Å². The Morgan fingerprint density at radius 1 is 1.47 bits per heavy atom. The minimum absolute atomic E-state index is 0.170. The van der Waals surface area contributed by atoms with Crippen molar-refractivity contribution in [3.05, 3.63) is 0 Å².